The summed E-state index contributed by atoms with van der Waals surface area (Å²) in [5, 5.41) is 8.98. The first-order valence-corrected chi connectivity index (χ1v) is 5.02. The fourth-order valence-electron chi connectivity index (χ4n) is 1.50. The molecule has 0 fully saturated rings. The topological polar surface area (TPSA) is 55.8 Å². The van der Waals surface area contributed by atoms with Gasteiger partial charge in [0.05, 0.1) is 19.6 Å². The fraction of sp³-hybridized carbons (Fsp3) is 0.417. The van der Waals surface area contributed by atoms with Gasteiger partial charge in [-0.15, -0.1) is 0 Å². The number of carbonyl (C=O) groups is 1. The van der Waals surface area contributed by atoms with Gasteiger partial charge in [0.15, 0.2) is 0 Å². The Kier molecular flexibility index (Phi) is 4.79. The molecule has 4 nitrogen and oxygen atoms in total. The van der Waals surface area contributed by atoms with E-state index in [0.717, 1.165) is 11.3 Å². The number of ether oxygens (including phenoxy) is 2. The van der Waals surface area contributed by atoms with Gasteiger partial charge in [0.1, 0.15) is 5.75 Å². The van der Waals surface area contributed by atoms with Crippen molar-refractivity contribution in [1.82, 2.24) is 0 Å². The summed E-state index contributed by atoms with van der Waals surface area (Å²) in [6, 6.07) is 7.40. The van der Waals surface area contributed by atoms with Crippen molar-refractivity contribution in [3.63, 3.8) is 0 Å². The first-order chi connectivity index (χ1) is 7.67. The van der Waals surface area contributed by atoms with Crippen molar-refractivity contribution < 1.29 is 19.4 Å². The predicted molar refractivity (Wildman–Crippen MR) is 59.7 cm³/mol. The zero-order valence-electron chi connectivity index (χ0n) is 9.47. The molecule has 0 saturated carbocycles. The number of carboxylic acids is 1. The molecule has 88 valence electrons. The highest BCUT2D eigenvalue weighted by molar-refractivity contribution is 5.70. The molecular weight excluding hydrogens is 208 g/mol. The molecule has 1 atom stereocenters. The van der Waals surface area contributed by atoms with Crippen molar-refractivity contribution >= 4 is 5.97 Å². The minimum Gasteiger partial charge on any atom is -0.497 e. The van der Waals surface area contributed by atoms with E-state index in [1.165, 1.54) is 7.11 Å². The normalized spacial score (nSPS) is 12.1. The summed E-state index contributed by atoms with van der Waals surface area (Å²) in [4.78, 5) is 10.9. The standard InChI is InChI=1S/C12H16O4/c1-15-8-10(12(13)14)6-9-4-3-5-11(7-9)16-2/h3-5,7,10H,6,8H2,1-2H3,(H,13,14). The van der Waals surface area contributed by atoms with Crippen molar-refractivity contribution in [3.05, 3.63) is 29.8 Å². The summed E-state index contributed by atoms with van der Waals surface area (Å²) in [6.07, 6.45) is 0.445. The zero-order chi connectivity index (χ0) is 12.0. The first kappa shape index (κ1) is 12.5. The Labute approximate surface area is 94.8 Å². The lowest BCUT2D eigenvalue weighted by atomic mass is 10.00. The molecule has 0 aliphatic heterocycles. The Morgan fingerprint density at radius 2 is 2.19 bits per heavy atom. The monoisotopic (exact) mass is 224 g/mol. The van der Waals surface area contributed by atoms with Crippen LogP contribution in [0.25, 0.3) is 0 Å². The van der Waals surface area contributed by atoms with Crippen LogP contribution in [0.3, 0.4) is 0 Å². The summed E-state index contributed by atoms with van der Waals surface area (Å²) in [7, 11) is 3.09. The molecular formula is C12H16O4. The fourth-order valence-corrected chi connectivity index (χ4v) is 1.50. The molecule has 0 heterocycles. The minimum absolute atomic E-state index is 0.215. The molecule has 0 bridgehead atoms. The molecule has 1 rings (SSSR count). The van der Waals surface area contributed by atoms with E-state index in [9.17, 15) is 4.79 Å². The number of hydrogen-bond acceptors (Lipinski definition) is 3. The maximum atomic E-state index is 10.9. The molecule has 0 aliphatic carbocycles. The van der Waals surface area contributed by atoms with Crippen LogP contribution in [-0.2, 0) is 16.0 Å². The van der Waals surface area contributed by atoms with Crippen molar-refractivity contribution in [1.29, 1.82) is 0 Å². The molecule has 0 aromatic heterocycles. The molecule has 1 aromatic rings. The van der Waals surface area contributed by atoms with E-state index in [1.54, 1.807) is 7.11 Å². The molecule has 1 aromatic carbocycles. The summed E-state index contributed by atoms with van der Waals surface area (Å²) in [6.45, 7) is 0.215. The van der Waals surface area contributed by atoms with Crippen LogP contribution >= 0.6 is 0 Å². The average Bonchev–Trinajstić information content (AvgIpc) is 2.28. The molecule has 1 N–H and O–H groups in total. The molecule has 0 saturated heterocycles. The van der Waals surface area contributed by atoms with Crippen molar-refractivity contribution in [2.24, 2.45) is 5.92 Å². The zero-order valence-corrected chi connectivity index (χ0v) is 9.47. The van der Waals surface area contributed by atoms with Crippen LogP contribution in [-0.4, -0.2) is 31.9 Å². The lowest BCUT2D eigenvalue weighted by Crippen LogP contribution is -2.21. The third-order valence-electron chi connectivity index (χ3n) is 2.33. The quantitative estimate of drug-likeness (QED) is 0.797. The molecule has 16 heavy (non-hydrogen) atoms. The van der Waals surface area contributed by atoms with Crippen LogP contribution in [0.4, 0.5) is 0 Å². The molecule has 0 amide bonds. The highest BCUT2D eigenvalue weighted by Crippen LogP contribution is 2.16. The highest BCUT2D eigenvalue weighted by atomic mass is 16.5. The summed E-state index contributed by atoms with van der Waals surface area (Å²) >= 11 is 0. The Hall–Kier alpha value is -1.55. The largest absolute Gasteiger partial charge is 0.497 e. The Balaban J connectivity index is 2.72. The summed E-state index contributed by atoms with van der Waals surface area (Å²) in [5.41, 5.74) is 0.934. The van der Waals surface area contributed by atoms with Gasteiger partial charge in [-0.1, -0.05) is 12.1 Å². The van der Waals surface area contributed by atoms with E-state index in [1.807, 2.05) is 24.3 Å². The van der Waals surface area contributed by atoms with E-state index >= 15 is 0 Å². The van der Waals surface area contributed by atoms with E-state index < -0.39 is 11.9 Å². The molecule has 0 spiro atoms. The Morgan fingerprint density at radius 1 is 1.44 bits per heavy atom. The lowest BCUT2D eigenvalue weighted by molar-refractivity contribution is -0.143. The average molecular weight is 224 g/mol. The summed E-state index contributed by atoms with van der Waals surface area (Å²) < 4.78 is 9.96. The first-order valence-electron chi connectivity index (χ1n) is 5.02. The minimum atomic E-state index is -0.843. The second kappa shape index (κ2) is 6.12. The van der Waals surface area contributed by atoms with E-state index in [0.29, 0.717) is 6.42 Å². The smallest absolute Gasteiger partial charge is 0.309 e. The van der Waals surface area contributed by atoms with Crippen molar-refractivity contribution in [2.75, 3.05) is 20.8 Å². The van der Waals surface area contributed by atoms with Gasteiger partial charge in [-0.05, 0) is 24.1 Å². The Morgan fingerprint density at radius 3 is 2.75 bits per heavy atom. The number of methoxy groups -OCH3 is 2. The van der Waals surface area contributed by atoms with Crippen LogP contribution < -0.4 is 4.74 Å². The molecule has 0 radical (unpaired) electrons. The van der Waals surface area contributed by atoms with Crippen LogP contribution in [0, 0.1) is 5.92 Å². The van der Waals surface area contributed by atoms with Gasteiger partial charge < -0.3 is 14.6 Å². The number of benzene rings is 1. The van der Waals surface area contributed by atoms with Crippen LogP contribution in [0.1, 0.15) is 5.56 Å². The van der Waals surface area contributed by atoms with Gasteiger partial charge in [0.2, 0.25) is 0 Å². The van der Waals surface area contributed by atoms with Crippen LogP contribution in [0.5, 0.6) is 5.75 Å². The van der Waals surface area contributed by atoms with E-state index in [2.05, 4.69) is 0 Å². The third-order valence-corrected chi connectivity index (χ3v) is 2.33. The van der Waals surface area contributed by atoms with Crippen LogP contribution in [0.15, 0.2) is 24.3 Å². The van der Waals surface area contributed by atoms with Crippen molar-refractivity contribution in [2.45, 2.75) is 6.42 Å². The number of aliphatic carboxylic acids is 1. The SMILES string of the molecule is COCC(Cc1cccc(OC)c1)C(=O)O. The van der Waals surface area contributed by atoms with Gasteiger partial charge in [-0.2, -0.15) is 0 Å². The van der Waals surface area contributed by atoms with Gasteiger partial charge in [0, 0.05) is 7.11 Å². The van der Waals surface area contributed by atoms with Gasteiger partial charge >= 0.3 is 5.97 Å². The Bertz CT molecular complexity index is 349. The van der Waals surface area contributed by atoms with E-state index in [4.69, 9.17) is 14.6 Å². The lowest BCUT2D eigenvalue weighted by Gasteiger charge is -2.11. The second-order valence-electron chi connectivity index (χ2n) is 3.55. The highest BCUT2D eigenvalue weighted by Gasteiger charge is 2.17. The number of carboxylic acid groups (broad SMARTS) is 1. The molecule has 4 heteroatoms. The maximum absolute atomic E-state index is 10.9. The van der Waals surface area contributed by atoms with Gasteiger partial charge in [0.25, 0.3) is 0 Å². The van der Waals surface area contributed by atoms with Gasteiger partial charge in [-0.25, -0.2) is 0 Å². The van der Waals surface area contributed by atoms with Crippen LogP contribution in [0.2, 0.25) is 0 Å². The summed E-state index contributed by atoms with van der Waals surface area (Å²) in [5.74, 6) is -0.624. The maximum Gasteiger partial charge on any atom is 0.309 e. The van der Waals surface area contributed by atoms with Crippen molar-refractivity contribution in [3.8, 4) is 5.75 Å². The molecule has 0 aliphatic rings. The van der Waals surface area contributed by atoms with E-state index in [-0.39, 0.29) is 6.61 Å². The third kappa shape index (κ3) is 3.55. The number of rotatable bonds is 6. The number of hydrogen-bond donors (Lipinski definition) is 1. The second-order valence-corrected chi connectivity index (χ2v) is 3.55. The predicted octanol–water partition coefficient (Wildman–Crippen LogP) is 1.58. The molecule has 1 unspecified atom stereocenters. The van der Waals surface area contributed by atoms with Gasteiger partial charge in [-0.3, -0.25) is 4.79 Å².